The first kappa shape index (κ1) is 27.2. The summed E-state index contributed by atoms with van der Waals surface area (Å²) in [5, 5.41) is 0. The van der Waals surface area contributed by atoms with Crippen molar-refractivity contribution >= 4 is 34.8 Å². The summed E-state index contributed by atoms with van der Waals surface area (Å²) in [7, 11) is 0. The van der Waals surface area contributed by atoms with Gasteiger partial charge < -0.3 is 19.1 Å². The molecule has 0 bridgehead atoms. The molecule has 43 heavy (non-hydrogen) atoms. The largest absolute Gasteiger partial charge is 0.463 e. The summed E-state index contributed by atoms with van der Waals surface area (Å²) in [6.45, 7) is 6.34. The zero-order chi connectivity index (χ0) is 29.5. The Kier molecular flexibility index (Phi) is 7.10. The van der Waals surface area contributed by atoms with Gasteiger partial charge in [0.2, 0.25) is 6.79 Å². The third-order valence-electron chi connectivity index (χ3n) is 8.05. The van der Waals surface area contributed by atoms with Crippen LogP contribution in [-0.2, 0) is 9.53 Å². The number of ether oxygens (including phenoxy) is 3. The molecule has 0 amide bonds. The SMILES string of the molecule is CCOC(=O)C1=C(c2ccccc2)N=c2s/c(=C/c3ccc(N4CCCC4)c(C)c3)c(=O)n2[C@@H]1c1ccc2c(c1)OCO2. The van der Waals surface area contributed by atoms with E-state index in [-0.39, 0.29) is 19.0 Å². The van der Waals surface area contributed by atoms with Crippen LogP contribution in [-0.4, -0.2) is 37.0 Å². The van der Waals surface area contributed by atoms with E-state index in [0.717, 1.165) is 24.2 Å². The molecule has 218 valence electrons. The number of benzene rings is 3. The summed E-state index contributed by atoms with van der Waals surface area (Å²) in [5.41, 5.74) is 5.40. The van der Waals surface area contributed by atoms with E-state index >= 15 is 0 Å². The highest BCUT2D eigenvalue weighted by Crippen LogP contribution is 2.40. The lowest BCUT2D eigenvalue weighted by molar-refractivity contribution is -0.138. The number of rotatable bonds is 6. The molecule has 1 saturated heterocycles. The molecule has 0 N–H and O–H groups in total. The molecule has 0 unspecified atom stereocenters. The van der Waals surface area contributed by atoms with Crippen molar-refractivity contribution in [3.05, 3.63) is 114 Å². The van der Waals surface area contributed by atoms with Gasteiger partial charge in [-0.05, 0) is 73.7 Å². The summed E-state index contributed by atoms with van der Waals surface area (Å²) >= 11 is 1.32. The molecule has 0 saturated carbocycles. The monoisotopic (exact) mass is 593 g/mol. The Morgan fingerprint density at radius 2 is 1.84 bits per heavy atom. The maximum atomic E-state index is 14.2. The topological polar surface area (TPSA) is 82.4 Å². The number of nitrogens with zero attached hydrogens (tertiary/aromatic N) is 3. The van der Waals surface area contributed by atoms with Gasteiger partial charge in [0.25, 0.3) is 5.56 Å². The Labute approximate surface area is 252 Å². The first-order chi connectivity index (χ1) is 21.0. The predicted octanol–water partition coefficient (Wildman–Crippen LogP) is 4.57. The van der Waals surface area contributed by atoms with Crippen LogP contribution in [0, 0.1) is 6.92 Å². The number of hydrogen-bond acceptors (Lipinski definition) is 8. The van der Waals surface area contributed by atoms with E-state index < -0.39 is 12.0 Å². The molecule has 4 heterocycles. The van der Waals surface area contributed by atoms with Crippen LogP contribution >= 0.6 is 11.3 Å². The summed E-state index contributed by atoms with van der Waals surface area (Å²) in [6, 6.07) is 20.6. The first-order valence-corrected chi connectivity index (χ1v) is 15.4. The van der Waals surface area contributed by atoms with Crippen LogP contribution in [0.25, 0.3) is 11.8 Å². The number of carbonyl (C=O) groups is 1. The summed E-state index contributed by atoms with van der Waals surface area (Å²) < 4.78 is 18.9. The van der Waals surface area contributed by atoms with Gasteiger partial charge >= 0.3 is 5.97 Å². The zero-order valence-electron chi connectivity index (χ0n) is 24.0. The maximum Gasteiger partial charge on any atom is 0.338 e. The predicted molar refractivity (Wildman–Crippen MR) is 166 cm³/mol. The van der Waals surface area contributed by atoms with E-state index in [9.17, 15) is 9.59 Å². The maximum absolute atomic E-state index is 14.2. The van der Waals surface area contributed by atoms with E-state index in [1.165, 1.54) is 35.4 Å². The van der Waals surface area contributed by atoms with Gasteiger partial charge in [-0.1, -0.05) is 53.8 Å². The standard InChI is InChI=1S/C34H31N3O5S/c1-3-40-33(39)29-30(23-9-5-4-6-10-23)35-34-37(31(29)24-12-14-26-27(19-24)42-20-41-26)32(38)28(43-34)18-22-11-13-25(21(2)17-22)36-15-7-8-16-36/h4-6,9-14,17-19,31H,3,7-8,15-16,20H2,1-2H3/b28-18+/t31-/m1/s1. The number of fused-ring (bicyclic) bond motifs is 2. The fourth-order valence-corrected chi connectivity index (χ4v) is 7.07. The average molecular weight is 594 g/mol. The molecule has 4 aromatic rings. The second-order valence-corrected chi connectivity index (χ2v) is 11.8. The van der Waals surface area contributed by atoms with Crippen molar-refractivity contribution < 1.29 is 19.0 Å². The van der Waals surface area contributed by atoms with Crippen molar-refractivity contribution in [2.75, 3.05) is 31.4 Å². The van der Waals surface area contributed by atoms with Crippen LogP contribution in [0.2, 0.25) is 0 Å². The number of esters is 1. The van der Waals surface area contributed by atoms with E-state index in [0.29, 0.717) is 37.7 Å². The highest BCUT2D eigenvalue weighted by Gasteiger charge is 2.36. The summed E-state index contributed by atoms with van der Waals surface area (Å²) in [5.74, 6) is 0.665. The van der Waals surface area contributed by atoms with Crippen LogP contribution in [0.15, 0.2) is 82.1 Å². The van der Waals surface area contributed by atoms with Gasteiger partial charge in [-0.3, -0.25) is 9.36 Å². The number of aromatic nitrogens is 1. The molecule has 1 fully saturated rings. The molecule has 0 spiro atoms. The first-order valence-electron chi connectivity index (χ1n) is 14.6. The lowest BCUT2D eigenvalue weighted by atomic mass is 9.93. The minimum atomic E-state index is -0.776. The van der Waals surface area contributed by atoms with Gasteiger partial charge in [0.15, 0.2) is 16.3 Å². The summed E-state index contributed by atoms with van der Waals surface area (Å²) in [4.78, 5) is 35.7. The third kappa shape index (κ3) is 4.93. The fraction of sp³-hybridized carbons (Fsp3) is 0.265. The molecule has 1 aromatic heterocycles. The molecule has 3 aliphatic rings. The van der Waals surface area contributed by atoms with Gasteiger partial charge in [-0.25, -0.2) is 9.79 Å². The molecule has 0 radical (unpaired) electrons. The Bertz CT molecular complexity index is 1940. The minimum absolute atomic E-state index is 0.118. The van der Waals surface area contributed by atoms with Crippen LogP contribution in [0.4, 0.5) is 5.69 Å². The Morgan fingerprint density at radius 1 is 1.05 bits per heavy atom. The van der Waals surface area contributed by atoms with Crippen LogP contribution in [0.3, 0.4) is 0 Å². The van der Waals surface area contributed by atoms with Crippen molar-refractivity contribution in [2.24, 2.45) is 4.99 Å². The van der Waals surface area contributed by atoms with E-state index in [1.54, 1.807) is 11.5 Å². The highest BCUT2D eigenvalue weighted by molar-refractivity contribution is 7.07. The number of anilines is 1. The van der Waals surface area contributed by atoms with Crippen LogP contribution < -0.4 is 29.3 Å². The normalized spacial score (nSPS) is 17.7. The summed E-state index contributed by atoms with van der Waals surface area (Å²) in [6.07, 6.45) is 4.34. The van der Waals surface area contributed by atoms with Gasteiger partial charge in [-0.15, -0.1) is 0 Å². The lowest BCUT2D eigenvalue weighted by Gasteiger charge is -2.26. The van der Waals surface area contributed by atoms with Crippen molar-refractivity contribution in [3.63, 3.8) is 0 Å². The second-order valence-electron chi connectivity index (χ2n) is 10.8. The van der Waals surface area contributed by atoms with E-state index in [1.807, 2.05) is 54.6 Å². The molecule has 9 heteroatoms. The molecule has 3 aromatic carbocycles. The second kappa shape index (κ2) is 11.2. The lowest BCUT2D eigenvalue weighted by Crippen LogP contribution is -2.40. The molecule has 3 aliphatic heterocycles. The molecular formula is C34H31N3O5S. The Hall–Kier alpha value is -4.63. The number of thiazole rings is 1. The third-order valence-corrected chi connectivity index (χ3v) is 9.03. The van der Waals surface area contributed by atoms with Crippen molar-refractivity contribution in [1.29, 1.82) is 0 Å². The van der Waals surface area contributed by atoms with Crippen molar-refractivity contribution in [2.45, 2.75) is 32.7 Å². The quantitative estimate of drug-likeness (QED) is 0.305. The van der Waals surface area contributed by atoms with Gasteiger partial charge in [0.05, 0.1) is 28.5 Å². The number of hydrogen-bond donors (Lipinski definition) is 0. The van der Waals surface area contributed by atoms with Gasteiger partial charge in [0, 0.05) is 24.3 Å². The zero-order valence-corrected chi connectivity index (χ0v) is 24.9. The fourth-order valence-electron chi connectivity index (χ4n) is 6.07. The molecule has 1 atom stereocenters. The van der Waals surface area contributed by atoms with E-state index in [2.05, 4.69) is 30.0 Å². The number of carbonyl (C=O) groups excluding carboxylic acids is 1. The highest BCUT2D eigenvalue weighted by atomic mass is 32.1. The van der Waals surface area contributed by atoms with Crippen molar-refractivity contribution in [3.8, 4) is 11.5 Å². The van der Waals surface area contributed by atoms with E-state index in [4.69, 9.17) is 19.2 Å². The molecule has 7 rings (SSSR count). The average Bonchev–Trinajstić information content (AvgIpc) is 3.78. The Balaban J connectivity index is 1.43. The van der Waals surface area contributed by atoms with Crippen LogP contribution in [0.5, 0.6) is 11.5 Å². The van der Waals surface area contributed by atoms with Gasteiger partial charge in [-0.2, -0.15) is 0 Å². The van der Waals surface area contributed by atoms with Gasteiger partial charge in [0.1, 0.15) is 0 Å². The molecule has 8 nitrogen and oxygen atoms in total. The minimum Gasteiger partial charge on any atom is -0.463 e. The molecule has 0 aliphatic carbocycles. The van der Waals surface area contributed by atoms with Crippen molar-refractivity contribution in [1.82, 2.24) is 4.57 Å². The molecular weight excluding hydrogens is 562 g/mol. The van der Waals surface area contributed by atoms with Crippen LogP contribution in [0.1, 0.15) is 48.1 Å². The smallest absolute Gasteiger partial charge is 0.338 e. The Morgan fingerprint density at radius 3 is 2.60 bits per heavy atom. The number of aryl methyl sites for hydroxylation is 1.